The number of carbonyl (C=O) groups excluding carboxylic acids is 1. The summed E-state index contributed by atoms with van der Waals surface area (Å²) in [5.74, 6) is 1.00. The Hall–Kier alpha value is -4.08. The van der Waals surface area contributed by atoms with Gasteiger partial charge in [0.05, 0.1) is 6.04 Å². The van der Waals surface area contributed by atoms with Gasteiger partial charge in [-0.25, -0.2) is 0 Å². The van der Waals surface area contributed by atoms with Crippen LogP contribution in [0.1, 0.15) is 42.0 Å². The number of ether oxygens (including phenoxy) is 1. The number of allylic oxidation sites excluding steroid dienone is 1. The van der Waals surface area contributed by atoms with E-state index >= 15 is 0 Å². The molecule has 3 nitrogen and oxygen atoms in total. The van der Waals surface area contributed by atoms with E-state index in [0.717, 1.165) is 51.8 Å². The van der Waals surface area contributed by atoms with Crippen LogP contribution in [0.15, 0.2) is 103 Å². The lowest BCUT2D eigenvalue weighted by atomic mass is 9.76. The summed E-state index contributed by atoms with van der Waals surface area (Å²) in [7, 11) is 0. The normalized spacial score (nSPS) is 16.8. The molecule has 1 N–H and O–H groups in total. The maximum absolute atomic E-state index is 13.7. The first-order valence-corrected chi connectivity index (χ1v) is 13.5. The number of ketones is 1. The van der Waals surface area contributed by atoms with Crippen LogP contribution in [0, 0.1) is 0 Å². The Labute approximate surface area is 226 Å². The first kappa shape index (κ1) is 23.1. The van der Waals surface area contributed by atoms with Crippen LogP contribution in [-0.2, 0) is 11.4 Å². The average molecular weight is 516 g/mol. The van der Waals surface area contributed by atoms with Crippen molar-refractivity contribution < 1.29 is 9.53 Å². The summed E-state index contributed by atoms with van der Waals surface area (Å²) in [4.78, 5) is 13.7. The molecule has 1 aliphatic carbocycles. The molecule has 0 saturated heterocycles. The molecule has 1 heterocycles. The molecular formula is C34H26ClNO2. The summed E-state index contributed by atoms with van der Waals surface area (Å²) in [5.41, 5.74) is 6.35. The summed E-state index contributed by atoms with van der Waals surface area (Å²) in [6.45, 7) is 0.413. The Kier molecular flexibility index (Phi) is 5.67. The van der Waals surface area contributed by atoms with Crippen molar-refractivity contribution in [3.05, 3.63) is 124 Å². The SMILES string of the molecule is O=C1CCCC2=C1[C@H](c1c(OCc3ccc(Cl)cc3)ccc3ccccc13)Nc1ccc3ccccc3c12. The Bertz CT molecular complexity index is 1750. The third-order valence-electron chi connectivity index (χ3n) is 7.80. The largest absolute Gasteiger partial charge is 0.489 e. The van der Waals surface area contributed by atoms with Crippen LogP contribution in [0.5, 0.6) is 5.75 Å². The molecule has 0 aromatic heterocycles. The van der Waals surface area contributed by atoms with Gasteiger partial charge in [0, 0.05) is 33.8 Å². The van der Waals surface area contributed by atoms with Gasteiger partial charge in [0.15, 0.2) is 5.78 Å². The van der Waals surface area contributed by atoms with Gasteiger partial charge in [-0.15, -0.1) is 0 Å². The summed E-state index contributed by atoms with van der Waals surface area (Å²) >= 11 is 6.09. The van der Waals surface area contributed by atoms with Crippen molar-refractivity contribution in [2.45, 2.75) is 31.9 Å². The quantitative estimate of drug-likeness (QED) is 0.259. The molecule has 0 unspecified atom stereocenters. The Balaban J connectivity index is 1.42. The molecule has 0 amide bonds. The van der Waals surface area contributed by atoms with Crippen LogP contribution in [0.3, 0.4) is 0 Å². The number of benzene rings is 5. The fraction of sp³-hybridized carbons (Fsp3) is 0.147. The van der Waals surface area contributed by atoms with E-state index in [0.29, 0.717) is 18.1 Å². The maximum atomic E-state index is 13.7. The zero-order valence-corrected chi connectivity index (χ0v) is 21.6. The molecule has 0 spiro atoms. The first-order chi connectivity index (χ1) is 18.7. The molecule has 0 fully saturated rings. The number of fused-ring (bicyclic) bond motifs is 5. The lowest BCUT2D eigenvalue weighted by molar-refractivity contribution is -0.116. The monoisotopic (exact) mass is 515 g/mol. The summed E-state index contributed by atoms with van der Waals surface area (Å²) in [5, 5.41) is 9.09. The summed E-state index contributed by atoms with van der Waals surface area (Å²) in [6, 6.07) is 32.7. The first-order valence-electron chi connectivity index (χ1n) is 13.1. The number of hydrogen-bond donors (Lipinski definition) is 1. The molecule has 4 heteroatoms. The predicted molar refractivity (Wildman–Crippen MR) is 156 cm³/mol. The van der Waals surface area contributed by atoms with Crippen molar-refractivity contribution in [3.8, 4) is 5.75 Å². The molecule has 5 aromatic rings. The number of carbonyl (C=O) groups is 1. The molecule has 0 radical (unpaired) electrons. The van der Waals surface area contributed by atoms with E-state index in [1.807, 2.05) is 36.4 Å². The Morgan fingerprint density at radius 1 is 0.789 bits per heavy atom. The molecular weight excluding hydrogens is 490 g/mol. The second-order valence-corrected chi connectivity index (χ2v) is 10.5. The number of halogens is 1. The average Bonchev–Trinajstić information content (AvgIpc) is 2.96. The number of rotatable bonds is 4. The van der Waals surface area contributed by atoms with Gasteiger partial charge in [-0.05, 0) is 69.8 Å². The summed E-state index contributed by atoms with van der Waals surface area (Å²) in [6.07, 6.45) is 2.34. The van der Waals surface area contributed by atoms with E-state index in [1.54, 1.807) is 0 Å². The number of nitrogens with one attached hydrogen (secondary N) is 1. The van der Waals surface area contributed by atoms with E-state index in [-0.39, 0.29) is 11.8 Å². The van der Waals surface area contributed by atoms with Crippen LogP contribution in [0.4, 0.5) is 5.69 Å². The third kappa shape index (κ3) is 3.86. The predicted octanol–water partition coefficient (Wildman–Crippen LogP) is 8.90. The highest BCUT2D eigenvalue weighted by molar-refractivity contribution is 6.30. The molecule has 7 rings (SSSR count). The van der Waals surface area contributed by atoms with E-state index in [4.69, 9.17) is 16.3 Å². The minimum absolute atomic E-state index is 0.221. The number of Topliss-reactive ketones (excluding diaryl/α,β-unsaturated/α-hetero) is 1. The van der Waals surface area contributed by atoms with Gasteiger partial charge in [-0.1, -0.05) is 84.4 Å². The van der Waals surface area contributed by atoms with Crippen LogP contribution in [-0.4, -0.2) is 5.78 Å². The minimum atomic E-state index is -0.294. The lowest BCUT2D eigenvalue weighted by Gasteiger charge is -2.36. The fourth-order valence-electron chi connectivity index (χ4n) is 6.06. The highest BCUT2D eigenvalue weighted by Gasteiger charge is 2.37. The highest BCUT2D eigenvalue weighted by Crippen LogP contribution is 2.50. The molecule has 2 aliphatic rings. The van der Waals surface area contributed by atoms with E-state index < -0.39 is 0 Å². The Morgan fingerprint density at radius 2 is 1.50 bits per heavy atom. The number of anilines is 1. The fourth-order valence-corrected chi connectivity index (χ4v) is 6.19. The van der Waals surface area contributed by atoms with Crippen molar-refractivity contribution in [1.82, 2.24) is 0 Å². The number of hydrogen-bond acceptors (Lipinski definition) is 3. The summed E-state index contributed by atoms with van der Waals surface area (Å²) < 4.78 is 6.48. The van der Waals surface area contributed by atoms with Crippen molar-refractivity contribution in [1.29, 1.82) is 0 Å². The van der Waals surface area contributed by atoms with Crippen LogP contribution in [0.2, 0.25) is 5.02 Å². The Morgan fingerprint density at radius 3 is 2.32 bits per heavy atom. The van der Waals surface area contributed by atoms with Gasteiger partial charge in [0.1, 0.15) is 12.4 Å². The van der Waals surface area contributed by atoms with Gasteiger partial charge in [-0.3, -0.25) is 4.79 Å². The van der Waals surface area contributed by atoms with Crippen molar-refractivity contribution in [2.75, 3.05) is 5.32 Å². The second-order valence-electron chi connectivity index (χ2n) is 10.1. The highest BCUT2D eigenvalue weighted by atomic mass is 35.5. The smallest absolute Gasteiger partial charge is 0.161 e. The molecule has 38 heavy (non-hydrogen) atoms. The van der Waals surface area contributed by atoms with Gasteiger partial charge < -0.3 is 10.1 Å². The van der Waals surface area contributed by atoms with Crippen molar-refractivity contribution in [3.63, 3.8) is 0 Å². The van der Waals surface area contributed by atoms with Crippen LogP contribution < -0.4 is 10.1 Å². The molecule has 5 aromatic carbocycles. The van der Waals surface area contributed by atoms with Crippen LogP contribution in [0.25, 0.3) is 27.1 Å². The zero-order chi connectivity index (χ0) is 25.6. The maximum Gasteiger partial charge on any atom is 0.161 e. The van der Waals surface area contributed by atoms with Gasteiger partial charge >= 0.3 is 0 Å². The molecule has 1 aliphatic heterocycles. The second kappa shape index (κ2) is 9.34. The molecule has 1 atom stereocenters. The van der Waals surface area contributed by atoms with Gasteiger partial charge in [0.2, 0.25) is 0 Å². The molecule has 0 bridgehead atoms. The molecule has 0 saturated carbocycles. The van der Waals surface area contributed by atoms with Gasteiger partial charge in [-0.2, -0.15) is 0 Å². The third-order valence-corrected chi connectivity index (χ3v) is 8.05. The van der Waals surface area contributed by atoms with E-state index in [9.17, 15) is 4.79 Å². The standard InChI is InChI=1S/C34H26ClNO2/c35-24-16-12-21(13-17-24)20-38-30-19-15-23-7-2-4-9-26(23)33(30)34-32-27(10-5-11-29(32)37)31-25-8-3-1-6-22(25)14-18-28(31)36-34/h1-4,6-9,12-19,34,36H,5,10-11,20H2/t34-/m1/s1. The van der Waals surface area contributed by atoms with Crippen molar-refractivity contribution >= 4 is 50.2 Å². The zero-order valence-electron chi connectivity index (χ0n) is 20.8. The van der Waals surface area contributed by atoms with Gasteiger partial charge in [0.25, 0.3) is 0 Å². The van der Waals surface area contributed by atoms with Crippen molar-refractivity contribution in [2.24, 2.45) is 0 Å². The van der Waals surface area contributed by atoms with E-state index in [2.05, 4.69) is 66.0 Å². The topological polar surface area (TPSA) is 38.3 Å². The lowest BCUT2D eigenvalue weighted by Crippen LogP contribution is -2.28. The minimum Gasteiger partial charge on any atom is -0.489 e. The van der Waals surface area contributed by atoms with Crippen LogP contribution >= 0.6 is 11.6 Å². The van der Waals surface area contributed by atoms with E-state index in [1.165, 1.54) is 21.9 Å². The molecule has 186 valence electrons.